The molecular weight excluding hydrogens is 388 g/mol. The number of imide groups is 1. The number of hydrogen-bond acceptors (Lipinski definition) is 7. The number of carbonyl (C=O) groups is 3. The second kappa shape index (κ2) is 9.11. The minimum Gasteiger partial charge on any atom is -0.381 e. The van der Waals surface area contributed by atoms with Crippen LogP contribution >= 0.6 is 0 Å². The van der Waals surface area contributed by atoms with Crippen LogP contribution in [0.1, 0.15) is 46.4 Å². The third-order valence-corrected chi connectivity index (χ3v) is 5.84. The van der Waals surface area contributed by atoms with Crippen molar-refractivity contribution < 1.29 is 23.9 Å². The largest absolute Gasteiger partial charge is 0.381 e. The Labute approximate surface area is 175 Å². The van der Waals surface area contributed by atoms with Crippen molar-refractivity contribution >= 4 is 23.4 Å². The summed E-state index contributed by atoms with van der Waals surface area (Å²) in [5.41, 5.74) is 1.34. The molecule has 3 aliphatic rings. The number of nitrogens with zero attached hydrogens (tertiary/aromatic N) is 1. The van der Waals surface area contributed by atoms with Gasteiger partial charge in [-0.2, -0.15) is 0 Å². The second-order valence-corrected chi connectivity index (χ2v) is 7.87. The van der Waals surface area contributed by atoms with Crippen LogP contribution in [0.3, 0.4) is 0 Å². The Morgan fingerprint density at radius 2 is 2.07 bits per heavy atom. The number of benzene rings is 1. The molecule has 1 unspecified atom stereocenters. The fourth-order valence-electron chi connectivity index (χ4n) is 4.14. The summed E-state index contributed by atoms with van der Waals surface area (Å²) in [5.74, 6) is -1.19. The third-order valence-electron chi connectivity index (χ3n) is 5.84. The molecule has 1 saturated heterocycles. The normalized spacial score (nSPS) is 26.5. The summed E-state index contributed by atoms with van der Waals surface area (Å²) < 4.78 is 11.0. The van der Waals surface area contributed by atoms with Gasteiger partial charge in [-0.15, -0.1) is 0 Å². The lowest BCUT2D eigenvalue weighted by atomic mass is 9.88. The van der Waals surface area contributed by atoms with E-state index >= 15 is 0 Å². The zero-order valence-electron chi connectivity index (χ0n) is 17.1. The van der Waals surface area contributed by atoms with Crippen molar-refractivity contribution in [1.29, 1.82) is 0 Å². The van der Waals surface area contributed by atoms with Crippen molar-refractivity contribution in [2.75, 3.05) is 38.9 Å². The smallest absolute Gasteiger partial charge is 0.264 e. The van der Waals surface area contributed by atoms with Crippen LogP contribution in [-0.2, 0) is 14.3 Å². The Kier molecular flexibility index (Phi) is 6.31. The van der Waals surface area contributed by atoms with E-state index in [0.717, 1.165) is 24.3 Å². The number of ether oxygens (including phenoxy) is 2. The van der Waals surface area contributed by atoms with Gasteiger partial charge in [0.05, 0.1) is 23.8 Å². The highest BCUT2D eigenvalue weighted by Gasteiger charge is 2.44. The van der Waals surface area contributed by atoms with Gasteiger partial charge in [0.2, 0.25) is 5.91 Å². The topological polar surface area (TPSA) is 109 Å². The number of nitrogens with one attached hydrogen (secondary N) is 3. The monoisotopic (exact) mass is 416 g/mol. The summed E-state index contributed by atoms with van der Waals surface area (Å²) in [6, 6.07) is 4.60. The van der Waals surface area contributed by atoms with Crippen LogP contribution in [0.5, 0.6) is 0 Å². The number of likely N-dealkylation sites (N-methyl/N-ethyl adjacent to an activating group) is 1. The molecule has 2 heterocycles. The molecular formula is C21H28N4O5. The first-order valence-electron chi connectivity index (χ1n) is 10.5. The highest BCUT2D eigenvalue weighted by Crippen LogP contribution is 2.34. The van der Waals surface area contributed by atoms with E-state index in [4.69, 9.17) is 9.47 Å². The molecule has 0 aromatic heterocycles. The first-order chi connectivity index (χ1) is 14.6. The molecule has 0 spiro atoms. The fourth-order valence-corrected chi connectivity index (χ4v) is 4.14. The van der Waals surface area contributed by atoms with Crippen molar-refractivity contribution in [3.8, 4) is 0 Å². The maximum atomic E-state index is 13.2. The van der Waals surface area contributed by atoms with Crippen LogP contribution in [0.25, 0.3) is 0 Å². The Balaban J connectivity index is 1.46. The Morgan fingerprint density at radius 1 is 1.23 bits per heavy atom. The number of amides is 3. The van der Waals surface area contributed by atoms with Crippen LogP contribution in [0.15, 0.2) is 18.2 Å². The van der Waals surface area contributed by atoms with Gasteiger partial charge in [-0.25, -0.2) is 0 Å². The molecule has 4 rings (SSSR count). The van der Waals surface area contributed by atoms with Crippen LogP contribution in [0.2, 0.25) is 0 Å². The van der Waals surface area contributed by atoms with E-state index in [1.807, 2.05) is 13.1 Å². The zero-order valence-corrected chi connectivity index (χ0v) is 17.1. The number of fused-ring (bicyclic) bond motifs is 1. The number of hydrogen-bond donors (Lipinski definition) is 3. The van der Waals surface area contributed by atoms with Gasteiger partial charge < -0.3 is 25.4 Å². The van der Waals surface area contributed by atoms with Crippen molar-refractivity contribution in [3.05, 3.63) is 29.3 Å². The van der Waals surface area contributed by atoms with Crippen molar-refractivity contribution in [2.45, 2.75) is 43.9 Å². The van der Waals surface area contributed by atoms with E-state index in [0.29, 0.717) is 42.9 Å². The maximum Gasteiger partial charge on any atom is 0.264 e. The molecule has 2 aliphatic heterocycles. The molecule has 30 heavy (non-hydrogen) atoms. The number of rotatable bonds is 7. The number of carbonyl (C=O) groups excluding carboxylic acids is 3. The highest BCUT2D eigenvalue weighted by atomic mass is 16.5. The first-order valence-corrected chi connectivity index (χ1v) is 10.5. The van der Waals surface area contributed by atoms with E-state index < -0.39 is 17.9 Å². The van der Waals surface area contributed by atoms with Gasteiger partial charge in [-0.05, 0) is 44.9 Å². The van der Waals surface area contributed by atoms with Crippen LogP contribution in [0, 0.1) is 0 Å². The fraction of sp³-hybridized carbons (Fsp3) is 0.571. The SMILES string of the molecule is CNCCO[C@H]1C[C@H](Nc2cccc3c2C(=O)N(C2CCCOCNC2=O)C3=O)C1. The van der Waals surface area contributed by atoms with E-state index in [9.17, 15) is 14.4 Å². The molecule has 0 bridgehead atoms. The lowest BCUT2D eigenvalue weighted by Crippen LogP contribution is -2.51. The minimum atomic E-state index is -0.817. The summed E-state index contributed by atoms with van der Waals surface area (Å²) >= 11 is 0. The molecule has 162 valence electrons. The molecule has 1 aromatic carbocycles. The second-order valence-electron chi connectivity index (χ2n) is 7.87. The van der Waals surface area contributed by atoms with Crippen molar-refractivity contribution in [1.82, 2.24) is 15.5 Å². The summed E-state index contributed by atoms with van der Waals surface area (Å²) in [4.78, 5) is 39.8. The highest BCUT2D eigenvalue weighted by molar-refractivity contribution is 6.25. The van der Waals surface area contributed by atoms with Gasteiger partial charge in [-0.1, -0.05) is 6.07 Å². The molecule has 1 aliphatic carbocycles. The maximum absolute atomic E-state index is 13.2. The molecule has 1 aromatic rings. The summed E-state index contributed by atoms with van der Waals surface area (Å²) in [7, 11) is 1.89. The van der Waals surface area contributed by atoms with Crippen molar-refractivity contribution in [2.24, 2.45) is 0 Å². The standard InChI is InChI=1S/C21H28N4O5/c1-22-7-9-30-14-10-13(11-14)24-16-5-2-4-15-18(16)21(28)25(20(15)27)17-6-3-8-29-12-23-19(17)26/h2,4-5,13-14,17,22,24H,3,6-12H2,1H3,(H,23,26)/t13-,14-,17?. The molecule has 9 nitrogen and oxygen atoms in total. The molecule has 3 amide bonds. The molecule has 0 radical (unpaired) electrons. The van der Waals surface area contributed by atoms with E-state index in [1.165, 1.54) is 0 Å². The average molecular weight is 416 g/mol. The molecule has 1 saturated carbocycles. The van der Waals surface area contributed by atoms with E-state index in [2.05, 4.69) is 16.0 Å². The Hall–Kier alpha value is -2.49. The van der Waals surface area contributed by atoms with Crippen molar-refractivity contribution in [3.63, 3.8) is 0 Å². The molecule has 1 atom stereocenters. The summed E-state index contributed by atoms with van der Waals surface area (Å²) in [6.07, 6.45) is 2.90. The van der Waals surface area contributed by atoms with Gasteiger partial charge >= 0.3 is 0 Å². The Morgan fingerprint density at radius 3 is 2.87 bits per heavy atom. The lowest BCUT2D eigenvalue weighted by molar-refractivity contribution is -0.128. The number of anilines is 1. The molecule has 2 fully saturated rings. The third kappa shape index (κ3) is 4.05. The van der Waals surface area contributed by atoms with E-state index in [1.54, 1.807) is 12.1 Å². The average Bonchev–Trinajstić information content (AvgIpc) is 2.95. The quantitative estimate of drug-likeness (QED) is 0.444. The predicted octanol–water partition coefficient (Wildman–Crippen LogP) is 0.714. The van der Waals surface area contributed by atoms with Crippen LogP contribution < -0.4 is 16.0 Å². The molecule has 3 N–H and O–H groups in total. The van der Waals surface area contributed by atoms with E-state index in [-0.39, 0.29) is 24.8 Å². The first kappa shape index (κ1) is 20.8. The lowest BCUT2D eigenvalue weighted by Gasteiger charge is -2.36. The summed E-state index contributed by atoms with van der Waals surface area (Å²) in [5, 5.41) is 9.07. The predicted molar refractivity (Wildman–Crippen MR) is 109 cm³/mol. The van der Waals surface area contributed by atoms with Crippen LogP contribution in [0.4, 0.5) is 5.69 Å². The molecule has 9 heteroatoms. The van der Waals surface area contributed by atoms with Gasteiger partial charge in [0.25, 0.3) is 11.8 Å². The van der Waals surface area contributed by atoms with Gasteiger partial charge in [0.15, 0.2) is 0 Å². The van der Waals surface area contributed by atoms with Gasteiger partial charge in [0.1, 0.15) is 12.8 Å². The minimum absolute atomic E-state index is 0.0878. The van der Waals surface area contributed by atoms with Gasteiger partial charge in [0, 0.05) is 24.9 Å². The summed E-state index contributed by atoms with van der Waals surface area (Å²) in [6.45, 7) is 2.05. The van der Waals surface area contributed by atoms with Gasteiger partial charge in [-0.3, -0.25) is 19.3 Å². The Bertz CT molecular complexity index is 824. The zero-order chi connectivity index (χ0) is 21.1. The van der Waals surface area contributed by atoms with Crippen LogP contribution in [-0.4, -0.2) is 74.3 Å².